The summed E-state index contributed by atoms with van der Waals surface area (Å²) in [5.41, 5.74) is 4.84. The summed E-state index contributed by atoms with van der Waals surface area (Å²) in [6, 6.07) is 19.3. The number of piperazine rings is 1. The zero-order valence-corrected chi connectivity index (χ0v) is 18.7. The van der Waals surface area contributed by atoms with Crippen LogP contribution in [0, 0.1) is 0 Å². The van der Waals surface area contributed by atoms with Crippen LogP contribution in [0.25, 0.3) is 33.7 Å². The second-order valence-corrected chi connectivity index (χ2v) is 8.52. The number of aromatic nitrogens is 3. The molecule has 0 atom stereocenters. The number of anilines is 2. The molecule has 0 saturated carbocycles. The van der Waals surface area contributed by atoms with E-state index < -0.39 is 0 Å². The van der Waals surface area contributed by atoms with Gasteiger partial charge in [-0.1, -0.05) is 24.3 Å². The average molecular weight is 454 g/mol. The van der Waals surface area contributed by atoms with Crippen LogP contribution < -0.4 is 15.4 Å². The number of nitrogens with zero attached hydrogens (tertiary/aromatic N) is 3. The average Bonchev–Trinajstić information content (AvgIpc) is 3.52. The van der Waals surface area contributed by atoms with Crippen LogP contribution in [0.4, 0.5) is 11.6 Å². The first-order valence-electron chi connectivity index (χ1n) is 11.3. The number of nitrogens with one attached hydrogen (secondary N) is 2. The molecular formula is C26H23N5O3. The van der Waals surface area contributed by atoms with Gasteiger partial charge >= 0.3 is 0 Å². The lowest BCUT2D eigenvalue weighted by Crippen LogP contribution is -2.46. The maximum absolute atomic E-state index is 12.7. The molecule has 1 fully saturated rings. The molecule has 4 heterocycles. The number of H-pyrrole nitrogens is 2. The fourth-order valence-corrected chi connectivity index (χ4v) is 4.60. The van der Waals surface area contributed by atoms with Crippen molar-refractivity contribution in [3.05, 3.63) is 76.8 Å². The Hall–Kier alpha value is -4.33. The number of ketones is 1. The summed E-state index contributed by atoms with van der Waals surface area (Å²) in [6.07, 6.45) is 0. The molecule has 8 nitrogen and oxygen atoms in total. The third-order valence-electron chi connectivity index (χ3n) is 6.38. The molecule has 1 aliphatic carbocycles. The summed E-state index contributed by atoms with van der Waals surface area (Å²) >= 11 is 0. The summed E-state index contributed by atoms with van der Waals surface area (Å²) in [6.45, 7) is 4.75. The molecule has 0 radical (unpaired) electrons. The highest BCUT2D eigenvalue weighted by molar-refractivity contribution is 5.91. The van der Waals surface area contributed by atoms with Crippen LogP contribution in [0.2, 0.25) is 0 Å². The number of furan rings is 1. The normalized spacial score (nSPS) is 14.3. The molecule has 8 heteroatoms. The first kappa shape index (κ1) is 20.3. The van der Waals surface area contributed by atoms with Gasteiger partial charge in [-0.15, -0.1) is 0 Å². The highest BCUT2D eigenvalue weighted by atomic mass is 16.4. The van der Waals surface area contributed by atoms with Gasteiger partial charge in [-0.25, -0.2) is 4.98 Å². The Labute approximate surface area is 195 Å². The summed E-state index contributed by atoms with van der Waals surface area (Å²) in [7, 11) is 0. The van der Waals surface area contributed by atoms with Crippen LogP contribution >= 0.6 is 0 Å². The van der Waals surface area contributed by atoms with E-state index in [4.69, 9.17) is 9.40 Å². The molecule has 0 amide bonds. The summed E-state index contributed by atoms with van der Waals surface area (Å²) in [4.78, 5) is 39.6. The molecular weight excluding hydrogens is 430 g/mol. The smallest absolute Gasteiger partial charge is 0.260 e. The number of carbonyl (C=O) groups is 1. The van der Waals surface area contributed by atoms with Gasteiger partial charge in [0, 0.05) is 56.1 Å². The van der Waals surface area contributed by atoms with E-state index in [9.17, 15) is 9.59 Å². The SMILES string of the molecule is CC(=O)c1ccc(N2CCN(c3ccc4nc(-c5c6cccccc-6[nH]c5=O)[nH]c4c3)CC2)o1. The first-order valence-corrected chi connectivity index (χ1v) is 11.3. The zero-order valence-electron chi connectivity index (χ0n) is 18.7. The second kappa shape index (κ2) is 7.91. The lowest BCUT2D eigenvalue weighted by atomic mass is 10.1. The van der Waals surface area contributed by atoms with Crippen LogP contribution in [0.3, 0.4) is 0 Å². The standard InChI is InChI=1S/C26H23N5O3/c1-16(32)22-9-10-23(34-22)31-13-11-30(12-14-31)17-7-8-20-21(15-17)28-25(27-20)24-18-5-3-2-4-6-19(18)29-26(24)33/h2-10,15H,11-14H2,1H3,(H,27,28)(H,29,33). The van der Waals surface area contributed by atoms with Crippen LogP contribution in [0.5, 0.6) is 0 Å². The number of benzene rings is 1. The molecule has 0 unspecified atom stereocenters. The predicted molar refractivity (Wildman–Crippen MR) is 132 cm³/mol. The maximum atomic E-state index is 12.7. The third kappa shape index (κ3) is 3.44. The van der Waals surface area contributed by atoms with E-state index in [0.29, 0.717) is 17.1 Å². The molecule has 1 aromatic carbocycles. The number of aromatic amines is 2. The van der Waals surface area contributed by atoms with E-state index in [1.165, 1.54) is 6.92 Å². The van der Waals surface area contributed by atoms with Gasteiger partial charge in [0.15, 0.2) is 17.4 Å². The van der Waals surface area contributed by atoms with Crippen molar-refractivity contribution >= 4 is 28.4 Å². The van der Waals surface area contributed by atoms with Crippen molar-refractivity contribution in [2.24, 2.45) is 0 Å². The Morgan fingerprint density at radius 2 is 1.74 bits per heavy atom. The van der Waals surface area contributed by atoms with Gasteiger partial charge in [0.05, 0.1) is 16.6 Å². The highest BCUT2D eigenvalue weighted by Gasteiger charge is 2.22. The molecule has 3 aliphatic rings. The van der Waals surface area contributed by atoms with Crippen molar-refractivity contribution in [1.82, 2.24) is 15.0 Å². The largest absolute Gasteiger partial charge is 0.437 e. The zero-order chi connectivity index (χ0) is 23.2. The summed E-state index contributed by atoms with van der Waals surface area (Å²) in [5, 5.41) is 0. The van der Waals surface area contributed by atoms with Crippen molar-refractivity contribution < 1.29 is 9.21 Å². The number of carbonyl (C=O) groups excluding carboxylic acids is 1. The van der Waals surface area contributed by atoms with Crippen molar-refractivity contribution in [3.8, 4) is 22.6 Å². The van der Waals surface area contributed by atoms with Gasteiger partial charge in [0.1, 0.15) is 5.82 Å². The Balaban J connectivity index is 1.24. The molecule has 0 spiro atoms. The predicted octanol–water partition coefficient (Wildman–Crippen LogP) is 4.15. The molecule has 2 N–H and O–H groups in total. The van der Waals surface area contributed by atoms with Gasteiger partial charge < -0.3 is 24.2 Å². The molecule has 0 bridgehead atoms. The number of hydrogen-bond donors (Lipinski definition) is 2. The van der Waals surface area contributed by atoms with E-state index in [-0.39, 0.29) is 11.3 Å². The van der Waals surface area contributed by atoms with E-state index >= 15 is 0 Å². The van der Waals surface area contributed by atoms with Gasteiger partial charge in [-0.2, -0.15) is 0 Å². The molecule has 3 aromatic rings. The number of hydrogen-bond acceptors (Lipinski definition) is 6. The first-order chi connectivity index (χ1) is 16.6. The maximum Gasteiger partial charge on any atom is 0.260 e. The molecule has 6 rings (SSSR count). The third-order valence-corrected chi connectivity index (χ3v) is 6.38. The van der Waals surface area contributed by atoms with Crippen molar-refractivity contribution in [2.75, 3.05) is 36.0 Å². The van der Waals surface area contributed by atoms with Crippen molar-refractivity contribution in [3.63, 3.8) is 0 Å². The number of fused-ring (bicyclic) bond motifs is 2. The molecule has 2 aliphatic heterocycles. The second-order valence-electron chi connectivity index (χ2n) is 8.52. The van der Waals surface area contributed by atoms with E-state index in [1.807, 2.05) is 42.5 Å². The van der Waals surface area contributed by atoms with Gasteiger partial charge in [0.2, 0.25) is 0 Å². The van der Waals surface area contributed by atoms with Gasteiger partial charge in [-0.05, 0) is 30.3 Å². The molecule has 2 aromatic heterocycles. The van der Waals surface area contributed by atoms with Crippen LogP contribution in [-0.2, 0) is 0 Å². The summed E-state index contributed by atoms with van der Waals surface area (Å²) < 4.78 is 5.68. The monoisotopic (exact) mass is 453 g/mol. The van der Waals surface area contributed by atoms with E-state index in [1.54, 1.807) is 6.07 Å². The number of imidazole rings is 1. The minimum Gasteiger partial charge on any atom is -0.437 e. The Morgan fingerprint density at radius 3 is 2.53 bits per heavy atom. The van der Waals surface area contributed by atoms with E-state index in [2.05, 4.69) is 31.9 Å². The Morgan fingerprint density at radius 1 is 0.941 bits per heavy atom. The molecule has 170 valence electrons. The Bertz CT molecular complexity index is 1540. The van der Waals surface area contributed by atoms with Crippen LogP contribution in [0.15, 0.2) is 69.9 Å². The quantitative estimate of drug-likeness (QED) is 0.397. The topological polar surface area (TPSA) is 98.2 Å². The highest BCUT2D eigenvalue weighted by Crippen LogP contribution is 2.30. The van der Waals surface area contributed by atoms with Crippen molar-refractivity contribution in [1.29, 1.82) is 0 Å². The molecule has 1 saturated heterocycles. The van der Waals surface area contributed by atoms with E-state index in [0.717, 1.165) is 60.0 Å². The fourth-order valence-electron chi connectivity index (χ4n) is 4.60. The summed E-state index contributed by atoms with van der Waals surface area (Å²) in [5.74, 6) is 1.63. The number of rotatable bonds is 4. The van der Waals surface area contributed by atoms with Crippen molar-refractivity contribution in [2.45, 2.75) is 6.92 Å². The minimum absolute atomic E-state index is 0.0669. The molecule has 34 heavy (non-hydrogen) atoms. The lowest BCUT2D eigenvalue weighted by Gasteiger charge is -2.36. The number of Topliss-reactive ketones (excluding diaryl/α,β-unsaturated/α-hetero) is 1. The van der Waals surface area contributed by atoms with Crippen LogP contribution in [-0.4, -0.2) is 46.9 Å². The van der Waals surface area contributed by atoms with Crippen LogP contribution in [0.1, 0.15) is 17.5 Å². The van der Waals surface area contributed by atoms with Gasteiger partial charge in [-0.3, -0.25) is 9.59 Å². The lowest BCUT2D eigenvalue weighted by molar-refractivity contribution is 0.0987. The van der Waals surface area contributed by atoms with Gasteiger partial charge in [0.25, 0.3) is 5.56 Å². The minimum atomic E-state index is -0.151. The Kier molecular flexibility index (Phi) is 4.72. The fraction of sp³-hybridized carbons (Fsp3) is 0.192.